The lowest BCUT2D eigenvalue weighted by Crippen LogP contribution is -2.47. The van der Waals surface area contributed by atoms with Gasteiger partial charge in [0.05, 0.1) is 13.2 Å². The van der Waals surface area contributed by atoms with E-state index in [9.17, 15) is 5.11 Å². The third kappa shape index (κ3) is 2.72. The molecule has 1 atom stereocenters. The van der Waals surface area contributed by atoms with E-state index in [4.69, 9.17) is 9.47 Å². The van der Waals surface area contributed by atoms with E-state index < -0.39 is 5.79 Å². The lowest BCUT2D eigenvalue weighted by molar-refractivity contribution is -0.222. The van der Waals surface area contributed by atoms with E-state index in [-0.39, 0.29) is 18.0 Å². The minimum Gasteiger partial charge on any atom is -0.487 e. The van der Waals surface area contributed by atoms with Gasteiger partial charge in [0.25, 0.3) is 0 Å². The molecule has 2 aliphatic rings. The molecular formula is C14H20ClNO3. The Labute approximate surface area is 119 Å². The molecule has 0 aromatic heterocycles. The molecule has 0 spiro atoms. The van der Waals surface area contributed by atoms with E-state index in [0.29, 0.717) is 13.2 Å². The van der Waals surface area contributed by atoms with E-state index in [1.54, 1.807) is 0 Å². The first kappa shape index (κ1) is 14.6. The standard InChI is InChI=1S/C14H19NO3.ClH/c1-13(2)8-10-7-11(3-4-12(10)18-13)14(16)9-15-5-6-17-14;/h3-4,7,15-16H,5-6,8-9H2,1-2H3;1H. The summed E-state index contributed by atoms with van der Waals surface area (Å²) in [4.78, 5) is 0. The number of β-amino-alcohol motifs (C(OH)–C–C–N with tert-alkyl or cyclic N) is 1. The highest BCUT2D eigenvalue weighted by Crippen LogP contribution is 2.37. The third-order valence-electron chi connectivity index (χ3n) is 3.50. The first-order valence-corrected chi connectivity index (χ1v) is 6.38. The number of halogens is 1. The van der Waals surface area contributed by atoms with E-state index in [2.05, 4.69) is 19.2 Å². The van der Waals surface area contributed by atoms with E-state index in [1.165, 1.54) is 0 Å². The van der Waals surface area contributed by atoms with Crippen molar-refractivity contribution in [3.05, 3.63) is 29.3 Å². The zero-order chi connectivity index (χ0) is 12.8. The van der Waals surface area contributed by atoms with Gasteiger partial charge in [0.15, 0.2) is 0 Å². The molecule has 4 nitrogen and oxygen atoms in total. The molecule has 1 aromatic rings. The Kier molecular flexibility index (Phi) is 3.80. The monoisotopic (exact) mass is 285 g/mol. The molecule has 19 heavy (non-hydrogen) atoms. The maximum atomic E-state index is 10.5. The Hall–Kier alpha value is -0.810. The van der Waals surface area contributed by atoms with Crippen LogP contribution in [0.4, 0.5) is 0 Å². The zero-order valence-corrected chi connectivity index (χ0v) is 12.0. The van der Waals surface area contributed by atoms with Gasteiger partial charge in [-0.05, 0) is 37.6 Å². The van der Waals surface area contributed by atoms with Crippen LogP contribution in [0.5, 0.6) is 5.75 Å². The van der Waals surface area contributed by atoms with Gasteiger partial charge in [0.2, 0.25) is 5.79 Å². The van der Waals surface area contributed by atoms with Crippen LogP contribution in [0, 0.1) is 0 Å². The Morgan fingerprint density at radius 2 is 2.11 bits per heavy atom. The molecule has 2 aliphatic heterocycles. The van der Waals surface area contributed by atoms with Gasteiger partial charge < -0.3 is 19.9 Å². The van der Waals surface area contributed by atoms with Gasteiger partial charge in [-0.15, -0.1) is 12.4 Å². The number of fused-ring (bicyclic) bond motifs is 1. The fourth-order valence-corrected chi connectivity index (χ4v) is 2.64. The number of morpholine rings is 1. The Morgan fingerprint density at radius 3 is 2.79 bits per heavy atom. The van der Waals surface area contributed by atoms with Crippen molar-refractivity contribution in [1.82, 2.24) is 5.32 Å². The van der Waals surface area contributed by atoms with E-state index in [0.717, 1.165) is 29.8 Å². The molecule has 2 heterocycles. The highest BCUT2D eigenvalue weighted by Gasteiger charge is 2.36. The summed E-state index contributed by atoms with van der Waals surface area (Å²) in [5.74, 6) is -0.295. The lowest BCUT2D eigenvalue weighted by atomic mass is 9.97. The SMILES string of the molecule is CC1(C)Cc2cc(C3(O)CNCCO3)ccc2O1.Cl. The summed E-state index contributed by atoms with van der Waals surface area (Å²) in [6.45, 7) is 5.87. The van der Waals surface area contributed by atoms with Crippen molar-refractivity contribution in [3.8, 4) is 5.75 Å². The summed E-state index contributed by atoms with van der Waals surface area (Å²) in [5.41, 5.74) is 1.78. The van der Waals surface area contributed by atoms with Crippen molar-refractivity contribution in [3.63, 3.8) is 0 Å². The molecule has 5 heteroatoms. The molecule has 1 saturated heterocycles. The molecule has 0 amide bonds. The van der Waals surface area contributed by atoms with Crippen LogP contribution in [0.1, 0.15) is 25.0 Å². The fraction of sp³-hybridized carbons (Fsp3) is 0.571. The van der Waals surface area contributed by atoms with Crippen molar-refractivity contribution in [2.75, 3.05) is 19.7 Å². The second-order valence-electron chi connectivity index (χ2n) is 5.67. The van der Waals surface area contributed by atoms with Gasteiger partial charge in [-0.2, -0.15) is 0 Å². The van der Waals surface area contributed by atoms with Gasteiger partial charge in [-0.3, -0.25) is 0 Å². The maximum Gasteiger partial charge on any atom is 0.205 e. The van der Waals surface area contributed by atoms with Crippen LogP contribution in [0.15, 0.2) is 18.2 Å². The van der Waals surface area contributed by atoms with E-state index >= 15 is 0 Å². The van der Waals surface area contributed by atoms with Crippen molar-refractivity contribution in [2.24, 2.45) is 0 Å². The van der Waals surface area contributed by atoms with Gasteiger partial charge in [-0.1, -0.05) is 0 Å². The van der Waals surface area contributed by atoms with Gasteiger partial charge in [-0.25, -0.2) is 0 Å². The quantitative estimate of drug-likeness (QED) is 0.823. The molecule has 0 radical (unpaired) electrons. The molecule has 1 fully saturated rings. The number of nitrogens with one attached hydrogen (secondary N) is 1. The highest BCUT2D eigenvalue weighted by molar-refractivity contribution is 5.85. The van der Waals surface area contributed by atoms with Gasteiger partial charge >= 0.3 is 0 Å². The summed E-state index contributed by atoms with van der Waals surface area (Å²) in [6.07, 6.45) is 0.861. The number of ether oxygens (including phenoxy) is 2. The van der Waals surface area contributed by atoms with Crippen molar-refractivity contribution < 1.29 is 14.6 Å². The smallest absolute Gasteiger partial charge is 0.205 e. The summed E-state index contributed by atoms with van der Waals surface area (Å²) >= 11 is 0. The molecule has 0 saturated carbocycles. The summed E-state index contributed by atoms with van der Waals surface area (Å²) < 4.78 is 11.3. The number of hydrogen-bond acceptors (Lipinski definition) is 4. The normalized spacial score (nSPS) is 28.2. The largest absolute Gasteiger partial charge is 0.487 e. The Bertz CT molecular complexity index is 470. The van der Waals surface area contributed by atoms with E-state index in [1.807, 2.05) is 18.2 Å². The first-order chi connectivity index (χ1) is 8.49. The first-order valence-electron chi connectivity index (χ1n) is 6.38. The van der Waals surface area contributed by atoms with Crippen LogP contribution < -0.4 is 10.1 Å². The average molecular weight is 286 g/mol. The minimum atomic E-state index is -1.21. The third-order valence-corrected chi connectivity index (χ3v) is 3.50. The molecule has 1 unspecified atom stereocenters. The van der Waals surface area contributed by atoms with Crippen molar-refractivity contribution in [2.45, 2.75) is 31.7 Å². The van der Waals surface area contributed by atoms with Crippen LogP contribution in [0.2, 0.25) is 0 Å². The molecule has 1 aromatic carbocycles. The summed E-state index contributed by atoms with van der Waals surface area (Å²) in [5, 5.41) is 13.6. The minimum absolute atomic E-state index is 0. The average Bonchev–Trinajstić information content (AvgIpc) is 2.62. The number of hydrogen-bond donors (Lipinski definition) is 2. The number of rotatable bonds is 1. The maximum absolute atomic E-state index is 10.5. The predicted molar refractivity (Wildman–Crippen MR) is 74.8 cm³/mol. The topological polar surface area (TPSA) is 50.7 Å². The lowest BCUT2D eigenvalue weighted by Gasteiger charge is -2.33. The second kappa shape index (κ2) is 4.94. The summed E-state index contributed by atoms with van der Waals surface area (Å²) in [6, 6.07) is 5.81. The van der Waals surface area contributed by atoms with Crippen LogP contribution in [0.25, 0.3) is 0 Å². The van der Waals surface area contributed by atoms with Crippen LogP contribution in [0.3, 0.4) is 0 Å². The molecule has 106 valence electrons. The van der Waals surface area contributed by atoms with Crippen molar-refractivity contribution >= 4 is 12.4 Å². The molecule has 2 N–H and O–H groups in total. The zero-order valence-electron chi connectivity index (χ0n) is 11.2. The molecular weight excluding hydrogens is 266 g/mol. The number of aliphatic hydroxyl groups is 1. The van der Waals surface area contributed by atoms with Crippen molar-refractivity contribution in [1.29, 1.82) is 0 Å². The van der Waals surface area contributed by atoms with Crippen LogP contribution in [-0.4, -0.2) is 30.4 Å². The molecule has 0 bridgehead atoms. The number of benzene rings is 1. The highest BCUT2D eigenvalue weighted by atomic mass is 35.5. The van der Waals surface area contributed by atoms with Crippen LogP contribution in [-0.2, 0) is 16.9 Å². The fourth-order valence-electron chi connectivity index (χ4n) is 2.64. The van der Waals surface area contributed by atoms with Gasteiger partial charge in [0.1, 0.15) is 11.4 Å². The molecule has 0 aliphatic carbocycles. The second-order valence-corrected chi connectivity index (χ2v) is 5.67. The Morgan fingerprint density at radius 1 is 1.32 bits per heavy atom. The van der Waals surface area contributed by atoms with Crippen LogP contribution >= 0.6 is 12.4 Å². The Balaban J connectivity index is 0.00000133. The molecule has 3 rings (SSSR count). The van der Waals surface area contributed by atoms with Gasteiger partial charge in [0, 0.05) is 18.5 Å². The predicted octanol–water partition coefficient (Wildman–Crippen LogP) is 1.59. The summed E-state index contributed by atoms with van der Waals surface area (Å²) in [7, 11) is 0.